The lowest BCUT2D eigenvalue weighted by molar-refractivity contribution is 0.292. The number of hydrogen-bond donors (Lipinski definition) is 0. The SMILES string of the molecule is CC(Br)CCC1CCCN1C. The molecule has 0 aromatic carbocycles. The van der Waals surface area contributed by atoms with Crippen LogP contribution in [0.4, 0.5) is 0 Å². The maximum absolute atomic E-state index is 3.58. The first kappa shape index (κ1) is 9.53. The van der Waals surface area contributed by atoms with Gasteiger partial charge in [0, 0.05) is 10.9 Å². The van der Waals surface area contributed by atoms with Crippen LogP contribution in [0.5, 0.6) is 0 Å². The highest BCUT2D eigenvalue weighted by atomic mass is 79.9. The van der Waals surface area contributed by atoms with Crippen LogP contribution in [-0.4, -0.2) is 29.4 Å². The Bertz CT molecular complexity index is 114. The van der Waals surface area contributed by atoms with Gasteiger partial charge in [0.2, 0.25) is 0 Å². The molecule has 2 heteroatoms. The summed E-state index contributed by atoms with van der Waals surface area (Å²) in [7, 11) is 2.25. The second kappa shape index (κ2) is 4.46. The molecule has 0 bridgehead atoms. The van der Waals surface area contributed by atoms with Crippen molar-refractivity contribution in [1.29, 1.82) is 0 Å². The normalized spacial score (nSPS) is 29.2. The highest BCUT2D eigenvalue weighted by molar-refractivity contribution is 9.09. The van der Waals surface area contributed by atoms with Gasteiger partial charge in [0.25, 0.3) is 0 Å². The fourth-order valence-electron chi connectivity index (χ4n) is 1.77. The van der Waals surface area contributed by atoms with Gasteiger partial charge in [-0.25, -0.2) is 0 Å². The summed E-state index contributed by atoms with van der Waals surface area (Å²) >= 11 is 3.58. The number of halogens is 1. The first-order chi connectivity index (χ1) is 5.20. The zero-order valence-electron chi connectivity index (χ0n) is 7.52. The summed E-state index contributed by atoms with van der Waals surface area (Å²) in [5.41, 5.74) is 0. The molecule has 1 rings (SSSR count). The van der Waals surface area contributed by atoms with Crippen molar-refractivity contribution in [1.82, 2.24) is 4.90 Å². The van der Waals surface area contributed by atoms with E-state index in [1.165, 1.54) is 32.2 Å². The predicted molar refractivity (Wildman–Crippen MR) is 53.3 cm³/mol. The van der Waals surface area contributed by atoms with Gasteiger partial charge in [-0.15, -0.1) is 0 Å². The summed E-state index contributed by atoms with van der Waals surface area (Å²) < 4.78 is 0. The van der Waals surface area contributed by atoms with Gasteiger partial charge >= 0.3 is 0 Å². The summed E-state index contributed by atoms with van der Waals surface area (Å²) in [6.07, 6.45) is 5.49. The molecule has 1 nitrogen and oxygen atoms in total. The minimum Gasteiger partial charge on any atom is -0.303 e. The Kier molecular flexibility index (Phi) is 3.86. The number of hydrogen-bond acceptors (Lipinski definition) is 1. The van der Waals surface area contributed by atoms with Gasteiger partial charge in [-0.1, -0.05) is 22.9 Å². The second-order valence-electron chi connectivity index (χ2n) is 3.63. The van der Waals surface area contributed by atoms with Crippen LogP contribution in [0.2, 0.25) is 0 Å². The lowest BCUT2D eigenvalue weighted by Crippen LogP contribution is -2.25. The van der Waals surface area contributed by atoms with E-state index in [2.05, 4.69) is 34.8 Å². The number of rotatable bonds is 3. The van der Waals surface area contributed by atoms with Crippen molar-refractivity contribution in [3.63, 3.8) is 0 Å². The molecule has 0 saturated carbocycles. The molecule has 0 aromatic heterocycles. The highest BCUT2D eigenvalue weighted by Crippen LogP contribution is 2.21. The first-order valence-electron chi connectivity index (χ1n) is 4.54. The maximum Gasteiger partial charge on any atom is 0.0118 e. The summed E-state index contributed by atoms with van der Waals surface area (Å²) in [5, 5.41) is 0. The minimum absolute atomic E-state index is 0.691. The molecule has 0 aromatic rings. The van der Waals surface area contributed by atoms with E-state index in [1.54, 1.807) is 0 Å². The van der Waals surface area contributed by atoms with Crippen LogP contribution in [0.3, 0.4) is 0 Å². The Hall–Kier alpha value is 0.440. The molecular weight excluding hydrogens is 202 g/mol. The highest BCUT2D eigenvalue weighted by Gasteiger charge is 2.20. The van der Waals surface area contributed by atoms with Crippen molar-refractivity contribution in [3.8, 4) is 0 Å². The van der Waals surface area contributed by atoms with E-state index in [9.17, 15) is 0 Å². The van der Waals surface area contributed by atoms with Gasteiger partial charge in [-0.05, 0) is 39.3 Å². The summed E-state index contributed by atoms with van der Waals surface area (Å²) in [5.74, 6) is 0. The second-order valence-corrected chi connectivity index (χ2v) is 5.20. The van der Waals surface area contributed by atoms with Crippen molar-refractivity contribution >= 4 is 15.9 Å². The third kappa shape index (κ3) is 3.12. The van der Waals surface area contributed by atoms with E-state index in [4.69, 9.17) is 0 Å². The van der Waals surface area contributed by atoms with Gasteiger partial charge in [-0.3, -0.25) is 0 Å². The molecule has 0 aliphatic carbocycles. The van der Waals surface area contributed by atoms with Crippen molar-refractivity contribution in [2.75, 3.05) is 13.6 Å². The van der Waals surface area contributed by atoms with E-state index in [0.29, 0.717) is 4.83 Å². The molecule has 0 amide bonds. The van der Waals surface area contributed by atoms with E-state index in [1.807, 2.05) is 0 Å². The molecule has 1 aliphatic rings. The van der Waals surface area contributed by atoms with E-state index in [-0.39, 0.29) is 0 Å². The van der Waals surface area contributed by atoms with Crippen LogP contribution in [0.15, 0.2) is 0 Å². The smallest absolute Gasteiger partial charge is 0.0118 e. The van der Waals surface area contributed by atoms with Crippen LogP contribution in [0.1, 0.15) is 32.6 Å². The van der Waals surface area contributed by atoms with Crippen molar-refractivity contribution < 1.29 is 0 Å². The zero-order valence-corrected chi connectivity index (χ0v) is 9.10. The Morgan fingerprint density at radius 2 is 2.36 bits per heavy atom. The topological polar surface area (TPSA) is 3.24 Å². The fourth-order valence-corrected chi connectivity index (χ4v) is 2.03. The number of nitrogens with zero attached hydrogens (tertiary/aromatic N) is 1. The molecule has 66 valence electrons. The molecule has 1 heterocycles. The monoisotopic (exact) mass is 219 g/mol. The molecule has 2 atom stereocenters. The largest absolute Gasteiger partial charge is 0.303 e. The Balaban J connectivity index is 2.15. The van der Waals surface area contributed by atoms with E-state index >= 15 is 0 Å². The van der Waals surface area contributed by atoms with Crippen LogP contribution < -0.4 is 0 Å². The lowest BCUT2D eigenvalue weighted by Gasteiger charge is -2.19. The van der Waals surface area contributed by atoms with Crippen LogP contribution >= 0.6 is 15.9 Å². The maximum atomic E-state index is 3.58. The van der Waals surface area contributed by atoms with Gasteiger partial charge in [0.1, 0.15) is 0 Å². The van der Waals surface area contributed by atoms with E-state index in [0.717, 1.165) is 6.04 Å². The lowest BCUT2D eigenvalue weighted by atomic mass is 10.1. The number of alkyl halides is 1. The average Bonchev–Trinajstić information content (AvgIpc) is 2.31. The first-order valence-corrected chi connectivity index (χ1v) is 5.46. The predicted octanol–water partition coefficient (Wildman–Crippen LogP) is 2.64. The van der Waals surface area contributed by atoms with Crippen molar-refractivity contribution in [2.24, 2.45) is 0 Å². The van der Waals surface area contributed by atoms with Gasteiger partial charge in [0.05, 0.1) is 0 Å². The van der Waals surface area contributed by atoms with Crippen LogP contribution in [0.25, 0.3) is 0 Å². The van der Waals surface area contributed by atoms with Crippen molar-refractivity contribution in [2.45, 2.75) is 43.5 Å². The summed E-state index contributed by atoms with van der Waals surface area (Å²) in [6, 6.07) is 0.870. The molecule has 1 fully saturated rings. The van der Waals surface area contributed by atoms with Crippen LogP contribution in [0, 0.1) is 0 Å². The van der Waals surface area contributed by atoms with Gasteiger partial charge in [0.15, 0.2) is 0 Å². The third-order valence-electron chi connectivity index (χ3n) is 2.57. The number of likely N-dealkylation sites (tertiary alicyclic amines) is 1. The molecule has 0 N–H and O–H groups in total. The Labute approximate surface area is 78.3 Å². The standard InChI is InChI=1S/C9H18BrN/c1-8(10)5-6-9-4-3-7-11(9)2/h8-9H,3-7H2,1-2H3. The van der Waals surface area contributed by atoms with Gasteiger partial charge in [-0.2, -0.15) is 0 Å². The Morgan fingerprint density at radius 1 is 1.64 bits per heavy atom. The van der Waals surface area contributed by atoms with Crippen molar-refractivity contribution in [3.05, 3.63) is 0 Å². The van der Waals surface area contributed by atoms with Gasteiger partial charge < -0.3 is 4.90 Å². The zero-order chi connectivity index (χ0) is 8.27. The summed E-state index contributed by atoms with van der Waals surface area (Å²) in [6.45, 7) is 3.54. The minimum atomic E-state index is 0.691. The molecular formula is C9H18BrN. The van der Waals surface area contributed by atoms with Crippen LogP contribution in [-0.2, 0) is 0 Å². The van der Waals surface area contributed by atoms with E-state index < -0.39 is 0 Å². The molecule has 2 unspecified atom stereocenters. The fraction of sp³-hybridized carbons (Fsp3) is 1.00. The Morgan fingerprint density at radius 3 is 2.82 bits per heavy atom. The molecule has 1 saturated heterocycles. The molecule has 11 heavy (non-hydrogen) atoms. The molecule has 0 spiro atoms. The molecule has 0 radical (unpaired) electrons. The average molecular weight is 220 g/mol. The molecule has 1 aliphatic heterocycles. The third-order valence-corrected chi connectivity index (χ3v) is 3.03. The summed E-state index contributed by atoms with van der Waals surface area (Å²) in [4.78, 5) is 3.19. The quantitative estimate of drug-likeness (QED) is 0.661.